The monoisotopic (exact) mass is 442 g/mol. The van der Waals surface area contributed by atoms with E-state index in [1.165, 1.54) is 24.3 Å². The van der Waals surface area contributed by atoms with Crippen molar-refractivity contribution in [1.29, 1.82) is 0 Å². The molecule has 0 saturated heterocycles. The number of nitrogens with zero attached hydrogens (tertiary/aromatic N) is 3. The molecule has 0 aliphatic heterocycles. The first-order valence-electron chi connectivity index (χ1n) is 9.90. The summed E-state index contributed by atoms with van der Waals surface area (Å²) in [4.78, 5) is 14.9. The van der Waals surface area contributed by atoms with Crippen LogP contribution >= 0.6 is 11.6 Å². The summed E-state index contributed by atoms with van der Waals surface area (Å²) in [7, 11) is 3.90. The van der Waals surface area contributed by atoms with Gasteiger partial charge >= 0.3 is 6.18 Å². The normalized spacial score (nSPS) is 22.3. The number of halogens is 4. The average Bonchev–Trinajstić information content (AvgIpc) is 3.12. The van der Waals surface area contributed by atoms with Gasteiger partial charge in [-0.25, -0.2) is 4.68 Å². The van der Waals surface area contributed by atoms with Crippen LogP contribution in [0.5, 0.6) is 0 Å². The number of nitrogens with one attached hydrogen (secondary N) is 1. The second-order valence-corrected chi connectivity index (χ2v) is 8.73. The smallest absolute Gasteiger partial charge is 0.350 e. The van der Waals surface area contributed by atoms with Crippen LogP contribution in [0.1, 0.15) is 48.7 Å². The topological polar surface area (TPSA) is 50.2 Å². The minimum Gasteiger partial charge on any atom is -0.350 e. The Labute approximate surface area is 179 Å². The Kier molecular flexibility index (Phi) is 6.48. The first-order valence-corrected chi connectivity index (χ1v) is 10.3. The maximum Gasteiger partial charge on any atom is 0.434 e. The first-order chi connectivity index (χ1) is 14.0. The minimum absolute atomic E-state index is 0.177. The van der Waals surface area contributed by atoms with Crippen LogP contribution < -0.4 is 5.32 Å². The molecular weight excluding hydrogens is 417 g/mol. The van der Waals surface area contributed by atoms with Crippen molar-refractivity contribution < 1.29 is 18.0 Å². The molecule has 30 heavy (non-hydrogen) atoms. The van der Waals surface area contributed by atoms with E-state index >= 15 is 0 Å². The summed E-state index contributed by atoms with van der Waals surface area (Å²) >= 11 is 5.83. The van der Waals surface area contributed by atoms with Crippen molar-refractivity contribution in [1.82, 2.24) is 20.0 Å². The van der Waals surface area contributed by atoms with E-state index < -0.39 is 23.3 Å². The number of aromatic nitrogens is 2. The molecule has 2 aromatic rings. The number of likely N-dealkylation sites (N-methyl/N-ethyl adjacent to an activating group) is 1. The molecule has 0 bridgehead atoms. The molecule has 1 fully saturated rings. The van der Waals surface area contributed by atoms with Gasteiger partial charge in [0.25, 0.3) is 5.91 Å². The number of carbonyl (C=O) groups is 1. The molecule has 3 rings (SSSR count). The predicted octanol–water partition coefficient (Wildman–Crippen LogP) is 4.78. The summed E-state index contributed by atoms with van der Waals surface area (Å²) in [6, 6.07) is 5.81. The summed E-state index contributed by atoms with van der Waals surface area (Å²) in [6.45, 7) is 2.45. The fourth-order valence-corrected chi connectivity index (χ4v) is 4.39. The number of benzene rings is 1. The molecule has 164 valence electrons. The van der Waals surface area contributed by atoms with E-state index in [0.717, 1.165) is 36.6 Å². The van der Waals surface area contributed by atoms with Gasteiger partial charge in [-0.05, 0) is 57.1 Å². The molecule has 0 radical (unpaired) electrons. The summed E-state index contributed by atoms with van der Waals surface area (Å²) in [6.07, 6.45) is 0.143. The summed E-state index contributed by atoms with van der Waals surface area (Å²) in [5.41, 5.74) is -1.68. The highest BCUT2D eigenvalue weighted by molar-refractivity contribution is 6.30. The van der Waals surface area contributed by atoms with E-state index in [-0.39, 0.29) is 17.8 Å². The van der Waals surface area contributed by atoms with E-state index in [2.05, 4.69) is 22.2 Å². The van der Waals surface area contributed by atoms with E-state index in [0.29, 0.717) is 10.9 Å². The lowest BCUT2D eigenvalue weighted by Gasteiger charge is -2.45. The van der Waals surface area contributed by atoms with E-state index in [1.54, 1.807) is 0 Å². The highest BCUT2D eigenvalue weighted by atomic mass is 35.5. The molecule has 1 aliphatic rings. The van der Waals surface area contributed by atoms with Gasteiger partial charge < -0.3 is 10.2 Å². The van der Waals surface area contributed by atoms with Crippen molar-refractivity contribution in [2.45, 2.75) is 44.3 Å². The largest absolute Gasteiger partial charge is 0.434 e. The fourth-order valence-electron chi connectivity index (χ4n) is 4.26. The van der Waals surface area contributed by atoms with Crippen molar-refractivity contribution in [2.75, 3.05) is 20.6 Å². The van der Waals surface area contributed by atoms with Crippen LogP contribution in [-0.4, -0.2) is 46.8 Å². The zero-order valence-corrected chi connectivity index (χ0v) is 18.0. The van der Waals surface area contributed by atoms with Crippen LogP contribution in [0.4, 0.5) is 13.2 Å². The van der Waals surface area contributed by atoms with Crippen LogP contribution in [0.25, 0.3) is 5.69 Å². The lowest BCUT2D eigenvalue weighted by atomic mass is 9.75. The summed E-state index contributed by atoms with van der Waals surface area (Å²) in [5.74, 6) is -0.279. The third kappa shape index (κ3) is 4.64. The number of amides is 1. The number of alkyl halides is 3. The Morgan fingerprint density at radius 2 is 2.00 bits per heavy atom. The number of carbonyl (C=O) groups excluding carboxylic acids is 1. The third-order valence-corrected chi connectivity index (χ3v) is 6.20. The van der Waals surface area contributed by atoms with Crippen molar-refractivity contribution >= 4 is 17.5 Å². The Balaban J connectivity index is 1.88. The number of hydrogen-bond donors (Lipinski definition) is 1. The molecule has 1 N–H and O–H groups in total. The molecule has 0 spiro atoms. The standard InChI is InChI=1S/C21H26ClF3N4O/c1-14-5-4-10-20(11-14,28(2)3)13-26-19(30)17-12-27-29(18(17)21(23,24)25)16-8-6-15(22)7-9-16/h6-9,12,14H,4-5,10-11,13H2,1-3H3,(H,26,30). The molecule has 1 aliphatic carbocycles. The van der Waals surface area contributed by atoms with Crippen LogP contribution in [0.2, 0.25) is 5.02 Å². The molecule has 2 atom stereocenters. The Hall–Kier alpha value is -2.06. The summed E-state index contributed by atoms with van der Waals surface area (Å²) in [5, 5.41) is 6.98. The Morgan fingerprint density at radius 3 is 2.57 bits per heavy atom. The Bertz CT molecular complexity index is 895. The predicted molar refractivity (Wildman–Crippen MR) is 110 cm³/mol. The van der Waals surface area contributed by atoms with Gasteiger partial charge in [-0.2, -0.15) is 18.3 Å². The Morgan fingerprint density at radius 1 is 1.33 bits per heavy atom. The van der Waals surface area contributed by atoms with Crippen molar-refractivity contribution in [3.63, 3.8) is 0 Å². The highest BCUT2D eigenvalue weighted by Gasteiger charge is 2.42. The maximum atomic E-state index is 13.8. The average molecular weight is 443 g/mol. The van der Waals surface area contributed by atoms with Crippen molar-refractivity contribution in [3.8, 4) is 5.69 Å². The van der Waals surface area contributed by atoms with Gasteiger partial charge in [0.2, 0.25) is 0 Å². The van der Waals surface area contributed by atoms with E-state index in [4.69, 9.17) is 11.6 Å². The second kappa shape index (κ2) is 8.59. The van der Waals surface area contributed by atoms with Gasteiger partial charge in [-0.1, -0.05) is 31.4 Å². The van der Waals surface area contributed by atoms with Crippen molar-refractivity contribution in [3.05, 3.63) is 46.7 Å². The van der Waals surface area contributed by atoms with Gasteiger partial charge in [0.1, 0.15) is 0 Å². The quantitative estimate of drug-likeness (QED) is 0.724. The number of rotatable bonds is 5. The molecule has 9 heteroatoms. The molecule has 2 unspecified atom stereocenters. The van der Waals surface area contributed by atoms with E-state index in [9.17, 15) is 18.0 Å². The number of hydrogen-bond acceptors (Lipinski definition) is 3. The zero-order chi connectivity index (χ0) is 22.1. The van der Waals surface area contributed by atoms with Crippen LogP contribution in [0.15, 0.2) is 30.5 Å². The van der Waals surface area contributed by atoms with Gasteiger partial charge in [0, 0.05) is 17.1 Å². The van der Waals surface area contributed by atoms with Gasteiger partial charge in [0.05, 0.1) is 17.4 Å². The molecule has 1 aromatic heterocycles. The molecule has 1 saturated carbocycles. The summed E-state index contributed by atoms with van der Waals surface area (Å²) < 4.78 is 42.3. The lowest BCUT2D eigenvalue weighted by Crippen LogP contribution is -2.55. The maximum absolute atomic E-state index is 13.8. The molecule has 1 aromatic carbocycles. The molecular formula is C21H26ClF3N4O. The van der Waals surface area contributed by atoms with Gasteiger partial charge in [-0.15, -0.1) is 0 Å². The molecule has 1 heterocycles. The van der Waals surface area contributed by atoms with Crippen molar-refractivity contribution in [2.24, 2.45) is 5.92 Å². The molecule has 1 amide bonds. The van der Waals surface area contributed by atoms with Gasteiger partial charge in [0.15, 0.2) is 5.69 Å². The second-order valence-electron chi connectivity index (χ2n) is 8.30. The highest BCUT2D eigenvalue weighted by Crippen LogP contribution is 2.36. The SMILES string of the molecule is CC1CCCC(CNC(=O)c2cnn(-c3ccc(Cl)cc3)c2C(F)(F)F)(N(C)C)C1. The van der Waals surface area contributed by atoms with Crippen LogP contribution in [0, 0.1) is 5.92 Å². The third-order valence-electron chi connectivity index (χ3n) is 5.95. The molecule has 5 nitrogen and oxygen atoms in total. The fraction of sp³-hybridized carbons (Fsp3) is 0.524. The van der Waals surface area contributed by atoms with Crippen LogP contribution in [-0.2, 0) is 6.18 Å². The van der Waals surface area contributed by atoms with Crippen LogP contribution in [0.3, 0.4) is 0 Å². The lowest BCUT2D eigenvalue weighted by molar-refractivity contribution is -0.143. The van der Waals surface area contributed by atoms with Gasteiger partial charge in [-0.3, -0.25) is 4.79 Å². The first kappa shape index (κ1) is 22.6. The van der Waals surface area contributed by atoms with E-state index in [1.807, 2.05) is 14.1 Å². The zero-order valence-electron chi connectivity index (χ0n) is 17.3. The minimum atomic E-state index is -4.75.